The highest BCUT2D eigenvalue weighted by molar-refractivity contribution is 5.46. The molecule has 3 nitrogen and oxygen atoms in total. The van der Waals surface area contributed by atoms with Crippen molar-refractivity contribution in [2.45, 2.75) is 32.2 Å². The summed E-state index contributed by atoms with van der Waals surface area (Å²) in [5.74, 6) is 0.918. The van der Waals surface area contributed by atoms with Gasteiger partial charge in [0.15, 0.2) is 0 Å². The molecule has 0 heterocycles. The maximum Gasteiger partial charge on any atom is 0.124 e. The lowest BCUT2D eigenvalue weighted by atomic mass is 10.00. The van der Waals surface area contributed by atoms with Gasteiger partial charge in [-0.15, -0.1) is 0 Å². The van der Waals surface area contributed by atoms with Gasteiger partial charge in [0.1, 0.15) is 5.75 Å². The van der Waals surface area contributed by atoms with Crippen LogP contribution in [0, 0.1) is 0 Å². The molecule has 1 aliphatic carbocycles. The standard InChI is InChI=1S/C13H20N2O/c1-2-16-13-7-10-5-3-4-9(10)6-11(13)12(15)8-14/h6-7,12H,2-5,8,14-15H2,1H3. The van der Waals surface area contributed by atoms with E-state index in [-0.39, 0.29) is 6.04 Å². The summed E-state index contributed by atoms with van der Waals surface area (Å²) < 4.78 is 5.65. The Labute approximate surface area is 96.8 Å². The molecule has 0 amide bonds. The smallest absolute Gasteiger partial charge is 0.124 e. The van der Waals surface area contributed by atoms with E-state index in [0.29, 0.717) is 13.2 Å². The number of benzene rings is 1. The minimum Gasteiger partial charge on any atom is -0.494 e. The summed E-state index contributed by atoms with van der Waals surface area (Å²) in [6, 6.07) is 4.22. The third kappa shape index (κ3) is 2.06. The van der Waals surface area contributed by atoms with Gasteiger partial charge in [-0.3, -0.25) is 0 Å². The number of nitrogens with two attached hydrogens (primary N) is 2. The predicted octanol–water partition coefficient (Wildman–Crippen LogP) is 1.53. The molecule has 0 aromatic heterocycles. The van der Waals surface area contributed by atoms with Gasteiger partial charge in [0.2, 0.25) is 0 Å². The lowest BCUT2D eigenvalue weighted by Crippen LogP contribution is -2.21. The first kappa shape index (κ1) is 11.4. The van der Waals surface area contributed by atoms with Crippen LogP contribution in [0.25, 0.3) is 0 Å². The van der Waals surface area contributed by atoms with Crippen molar-refractivity contribution in [3.63, 3.8) is 0 Å². The number of hydrogen-bond acceptors (Lipinski definition) is 3. The molecule has 88 valence electrons. The van der Waals surface area contributed by atoms with Crippen LogP contribution in [0.2, 0.25) is 0 Å². The molecule has 1 aromatic rings. The number of hydrogen-bond donors (Lipinski definition) is 2. The molecule has 0 saturated carbocycles. The second-order valence-corrected chi connectivity index (χ2v) is 4.29. The van der Waals surface area contributed by atoms with Crippen LogP contribution in [0.4, 0.5) is 0 Å². The van der Waals surface area contributed by atoms with Crippen LogP contribution in [0.3, 0.4) is 0 Å². The molecule has 1 aliphatic rings. The first-order valence-electron chi connectivity index (χ1n) is 6.00. The van der Waals surface area contributed by atoms with E-state index in [4.69, 9.17) is 16.2 Å². The minimum atomic E-state index is -0.118. The number of ether oxygens (including phenoxy) is 1. The fraction of sp³-hybridized carbons (Fsp3) is 0.538. The molecule has 1 atom stereocenters. The number of rotatable bonds is 4. The Morgan fingerprint density at radius 3 is 2.62 bits per heavy atom. The maximum atomic E-state index is 6.01. The van der Waals surface area contributed by atoms with Crippen LogP contribution in [-0.2, 0) is 12.8 Å². The van der Waals surface area contributed by atoms with Crippen molar-refractivity contribution in [1.82, 2.24) is 0 Å². The summed E-state index contributed by atoms with van der Waals surface area (Å²) in [6.07, 6.45) is 3.56. The molecule has 0 fully saturated rings. The Kier molecular flexibility index (Phi) is 3.46. The summed E-state index contributed by atoms with van der Waals surface area (Å²) >= 11 is 0. The zero-order valence-electron chi connectivity index (χ0n) is 9.83. The van der Waals surface area contributed by atoms with Crippen LogP contribution in [0.15, 0.2) is 12.1 Å². The minimum absolute atomic E-state index is 0.118. The Morgan fingerprint density at radius 2 is 2.00 bits per heavy atom. The largest absolute Gasteiger partial charge is 0.494 e. The van der Waals surface area contributed by atoms with Crippen molar-refractivity contribution in [3.05, 3.63) is 28.8 Å². The summed E-state index contributed by atoms with van der Waals surface area (Å²) in [5.41, 5.74) is 15.5. The Morgan fingerprint density at radius 1 is 1.31 bits per heavy atom. The quantitative estimate of drug-likeness (QED) is 0.809. The molecule has 0 aliphatic heterocycles. The van der Waals surface area contributed by atoms with Gasteiger partial charge in [0.25, 0.3) is 0 Å². The third-order valence-electron chi connectivity index (χ3n) is 3.18. The highest BCUT2D eigenvalue weighted by Gasteiger charge is 2.18. The molecule has 1 unspecified atom stereocenters. The predicted molar refractivity (Wildman–Crippen MR) is 65.6 cm³/mol. The Hall–Kier alpha value is -1.06. The molecular formula is C13H20N2O. The van der Waals surface area contributed by atoms with Gasteiger partial charge < -0.3 is 16.2 Å². The van der Waals surface area contributed by atoms with E-state index < -0.39 is 0 Å². The second kappa shape index (κ2) is 4.85. The van der Waals surface area contributed by atoms with Gasteiger partial charge in [-0.1, -0.05) is 6.07 Å². The van der Waals surface area contributed by atoms with Crippen molar-refractivity contribution in [3.8, 4) is 5.75 Å². The highest BCUT2D eigenvalue weighted by atomic mass is 16.5. The van der Waals surface area contributed by atoms with Crippen LogP contribution < -0.4 is 16.2 Å². The summed E-state index contributed by atoms with van der Waals surface area (Å²) in [6.45, 7) is 3.12. The fourth-order valence-corrected chi connectivity index (χ4v) is 2.32. The summed E-state index contributed by atoms with van der Waals surface area (Å²) in [7, 11) is 0. The molecule has 3 heteroatoms. The van der Waals surface area contributed by atoms with E-state index in [0.717, 1.165) is 24.2 Å². The lowest BCUT2D eigenvalue weighted by molar-refractivity contribution is 0.334. The van der Waals surface area contributed by atoms with Crippen LogP contribution in [0.5, 0.6) is 5.75 Å². The van der Waals surface area contributed by atoms with Crippen LogP contribution >= 0.6 is 0 Å². The average molecular weight is 220 g/mol. The van der Waals surface area contributed by atoms with Crippen molar-refractivity contribution in [2.75, 3.05) is 13.2 Å². The first-order valence-corrected chi connectivity index (χ1v) is 6.00. The van der Waals surface area contributed by atoms with Gasteiger partial charge in [-0.05, 0) is 43.4 Å². The van der Waals surface area contributed by atoms with Gasteiger partial charge in [0, 0.05) is 18.2 Å². The molecule has 0 saturated heterocycles. The highest BCUT2D eigenvalue weighted by Crippen LogP contribution is 2.32. The van der Waals surface area contributed by atoms with E-state index in [2.05, 4.69) is 12.1 Å². The molecule has 4 N–H and O–H groups in total. The van der Waals surface area contributed by atoms with Crippen molar-refractivity contribution >= 4 is 0 Å². The molecule has 0 bridgehead atoms. The lowest BCUT2D eigenvalue weighted by Gasteiger charge is -2.17. The summed E-state index contributed by atoms with van der Waals surface area (Å²) in [5, 5.41) is 0. The third-order valence-corrected chi connectivity index (χ3v) is 3.18. The van der Waals surface area contributed by atoms with Crippen molar-refractivity contribution < 1.29 is 4.74 Å². The Bertz CT molecular complexity index is 376. The van der Waals surface area contributed by atoms with Crippen molar-refractivity contribution in [1.29, 1.82) is 0 Å². The van der Waals surface area contributed by atoms with Gasteiger partial charge in [-0.25, -0.2) is 0 Å². The monoisotopic (exact) mass is 220 g/mol. The topological polar surface area (TPSA) is 61.3 Å². The van der Waals surface area contributed by atoms with Gasteiger partial charge in [0.05, 0.1) is 6.61 Å². The molecule has 1 aromatic carbocycles. The fourth-order valence-electron chi connectivity index (χ4n) is 2.32. The molecule has 16 heavy (non-hydrogen) atoms. The Balaban J connectivity index is 2.40. The average Bonchev–Trinajstić information content (AvgIpc) is 2.74. The normalized spacial score (nSPS) is 15.9. The van der Waals surface area contributed by atoms with E-state index in [1.807, 2.05) is 6.92 Å². The molecule has 2 rings (SSSR count). The van der Waals surface area contributed by atoms with E-state index >= 15 is 0 Å². The van der Waals surface area contributed by atoms with Crippen LogP contribution in [-0.4, -0.2) is 13.2 Å². The van der Waals surface area contributed by atoms with Gasteiger partial charge in [-0.2, -0.15) is 0 Å². The molecular weight excluding hydrogens is 200 g/mol. The molecule has 0 radical (unpaired) electrons. The van der Waals surface area contributed by atoms with Crippen LogP contribution in [0.1, 0.15) is 36.1 Å². The van der Waals surface area contributed by atoms with Gasteiger partial charge >= 0.3 is 0 Å². The van der Waals surface area contributed by atoms with E-state index in [1.54, 1.807) is 0 Å². The first-order chi connectivity index (χ1) is 7.76. The zero-order valence-corrected chi connectivity index (χ0v) is 9.83. The maximum absolute atomic E-state index is 6.01. The molecule has 0 spiro atoms. The van der Waals surface area contributed by atoms with E-state index in [9.17, 15) is 0 Å². The second-order valence-electron chi connectivity index (χ2n) is 4.29. The summed E-state index contributed by atoms with van der Waals surface area (Å²) in [4.78, 5) is 0. The number of fused-ring (bicyclic) bond motifs is 1. The number of aryl methyl sites for hydroxylation is 2. The van der Waals surface area contributed by atoms with E-state index in [1.165, 1.54) is 17.5 Å². The van der Waals surface area contributed by atoms with Crippen molar-refractivity contribution in [2.24, 2.45) is 11.5 Å². The SMILES string of the molecule is CCOc1cc2c(cc1C(N)CN)CCC2. The zero-order chi connectivity index (χ0) is 11.5.